The number of halogens is 1. The van der Waals surface area contributed by atoms with Crippen molar-refractivity contribution >= 4 is 24.3 Å². The molecule has 0 aliphatic heterocycles. The van der Waals surface area contributed by atoms with Crippen LogP contribution >= 0.6 is 12.4 Å². The number of esters is 1. The summed E-state index contributed by atoms with van der Waals surface area (Å²) in [5.41, 5.74) is 5.80. The van der Waals surface area contributed by atoms with Crippen molar-refractivity contribution in [2.24, 2.45) is 5.73 Å². The number of ether oxygens (including phenoxy) is 2. The molecular weight excluding hydrogens is 294 g/mol. The number of methoxy groups -OCH3 is 1. The molecule has 0 atom stereocenters. The molecule has 6 heteroatoms. The number of rotatable bonds is 4. The van der Waals surface area contributed by atoms with Gasteiger partial charge in [0.1, 0.15) is 11.5 Å². The van der Waals surface area contributed by atoms with E-state index in [-0.39, 0.29) is 12.4 Å². The Bertz CT molecular complexity index is 623. The van der Waals surface area contributed by atoms with E-state index in [0.29, 0.717) is 22.6 Å². The quantitative estimate of drug-likeness (QED) is 0.695. The van der Waals surface area contributed by atoms with Crippen LogP contribution in [0.3, 0.4) is 0 Å². The minimum Gasteiger partial charge on any atom is -0.497 e. The third-order valence-corrected chi connectivity index (χ3v) is 2.68. The van der Waals surface area contributed by atoms with Crippen molar-refractivity contribution in [2.45, 2.75) is 0 Å². The molecule has 0 aliphatic rings. The van der Waals surface area contributed by atoms with Gasteiger partial charge in [0.25, 0.3) is 0 Å². The minimum atomic E-state index is -0.542. The molecule has 0 aromatic heterocycles. The second-order valence-corrected chi connectivity index (χ2v) is 4.01. The molecule has 0 spiro atoms. The van der Waals surface area contributed by atoms with E-state index in [9.17, 15) is 9.59 Å². The highest BCUT2D eigenvalue weighted by Crippen LogP contribution is 2.18. The SMILES string of the molecule is COc1ccc(OC(=O)c2ccc(C(N)=O)cc2)cc1.Cl. The van der Waals surface area contributed by atoms with Gasteiger partial charge in [-0.1, -0.05) is 0 Å². The largest absolute Gasteiger partial charge is 0.497 e. The molecule has 0 heterocycles. The molecule has 21 heavy (non-hydrogen) atoms. The Morgan fingerprint density at radius 2 is 1.33 bits per heavy atom. The monoisotopic (exact) mass is 307 g/mol. The van der Waals surface area contributed by atoms with Crippen molar-refractivity contribution in [3.63, 3.8) is 0 Å². The van der Waals surface area contributed by atoms with Crippen LogP contribution in [0.2, 0.25) is 0 Å². The molecule has 1 amide bonds. The van der Waals surface area contributed by atoms with Crippen LogP contribution in [0.25, 0.3) is 0 Å². The van der Waals surface area contributed by atoms with Gasteiger partial charge in [-0.2, -0.15) is 0 Å². The molecule has 2 aromatic carbocycles. The van der Waals surface area contributed by atoms with Crippen molar-refractivity contribution in [2.75, 3.05) is 7.11 Å². The summed E-state index contributed by atoms with van der Waals surface area (Å²) in [6, 6.07) is 12.6. The van der Waals surface area contributed by atoms with Crippen molar-refractivity contribution in [3.05, 3.63) is 59.7 Å². The summed E-state index contributed by atoms with van der Waals surface area (Å²) in [6.07, 6.45) is 0. The maximum atomic E-state index is 11.9. The van der Waals surface area contributed by atoms with Crippen molar-refractivity contribution in [1.82, 2.24) is 0 Å². The molecular formula is C15H14ClNO4. The van der Waals surface area contributed by atoms with Crippen LogP contribution < -0.4 is 15.2 Å². The highest BCUT2D eigenvalue weighted by atomic mass is 35.5. The molecule has 2 rings (SSSR count). The average molecular weight is 308 g/mol. The third-order valence-electron chi connectivity index (χ3n) is 2.68. The highest BCUT2D eigenvalue weighted by molar-refractivity contribution is 5.95. The molecule has 0 radical (unpaired) electrons. The molecule has 0 saturated heterocycles. The first-order chi connectivity index (χ1) is 9.60. The van der Waals surface area contributed by atoms with Crippen LogP contribution in [0.15, 0.2) is 48.5 Å². The Morgan fingerprint density at radius 3 is 1.81 bits per heavy atom. The first-order valence-corrected chi connectivity index (χ1v) is 5.86. The van der Waals surface area contributed by atoms with Crippen molar-refractivity contribution in [1.29, 1.82) is 0 Å². The lowest BCUT2D eigenvalue weighted by atomic mass is 10.1. The standard InChI is InChI=1S/C15H13NO4.ClH/c1-19-12-6-8-13(9-7-12)20-15(18)11-4-2-10(3-5-11)14(16)17;/h2-9H,1H3,(H2,16,17);1H. The van der Waals surface area contributed by atoms with Gasteiger partial charge in [-0.25, -0.2) is 4.79 Å². The zero-order valence-electron chi connectivity index (χ0n) is 11.2. The summed E-state index contributed by atoms with van der Waals surface area (Å²) in [5, 5.41) is 0. The number of amides is 1. The fourth-order valence-electron chi connectivity index (χ4n) is 1.58. The summed E-state index contributed by atoms with van der Waals surface area (Å²) < 4.78 is 10.2. The zero-order chi connectivity index (χ0) is 14.5. The van der Waals surface area contributed by atoms with Crippen LogP contribution in [-0.4, -0.2) is 19.0 Å². The molecule has 2 N–H and O–H groups in total. The fourth-order valence-corrected chi connectivity index (χ4v) is 1.58. The molecule has 0 aliphatic carbocycles. The van der Waals surface area contributed by atoms with Gasteiger partial charge in [0.05, 0.1) is 12.7 Å². The highest BCUT2D eigenvalue weighted by Gasteiger charge is 2.09. The van der Waals surface area contributed by atoms with E-state index in [0.717, 1.165) is 0 Å². The van der Waals surface area contributed by atoms with Crippen LogP contribution in [0, 0.1) is 0 Å². The number of carbonyl (C=O) groups excluding carboxylic acids is 2. The van der Waals surface area contributed by atoms with E-state index in [2.05, 4.69) is 0 Å². The second kappa shape index (κ2) is 7.31. The van der Waals surface area contributed by atoms with Gasteiger partial charge < -0.3 is 15.2 Å². The van der Waals surface area contributed by atoms with Crippen LogP contribution in [0.4, 0.5) is 0 Å². The van der Waals surface area contributed by atoms with E-state index in [4.69, 9.17) is 15.2 Å². The first-order valence-electron chi connectivity index (χ1n) is 5.86. The number of carbonyl (C=O) groups is 2. The van der Waals surface area contributed by atoms with Crippen LogP contribution in [0.5, 0.6) is 11.5 Å². The molecule has 2 aromatic rings. The molecule has 0 unspecified atom stereocenters. The lowest BCUT2D eigenvalue weighted by molar-refractivity contribution is 0.0734. The fraction of sp³-hybridized carbons (Fsp3) is 0.0667. The van der Waals surface area contributed by atoms with Crippen molar-refractivity contribution in [3.8, 4) is 11.5 Å². The summed E-state index contributed by atoms with van der Waals surface area (Å²) >= 11 is 0. The Labute approximate surface area is 128 Å². The van der Waals surface area contributed by atoms with Gasteiger partial charge in [0.15, 0.2) is 0 Å². The smallest absolute Gasteiger partial charge is 0.343 e. The number of primary amides is 1. The number of hydrogen-bond donors (Lipinski definition) is 1. The number of benzene rings is 2. The predicted molar refractivity (Wildman–Crippen MR) is 80.2 cm³/mol. The Hall–Kier alpha value is -2.53. The molecule has 0 bridgehead atoms. The molecule has 5 nitrogen and oxygen atoms in total. The predicted octanol–water partition coefficient (Wildman–Crippen LogP) is 2.44. The maximum absolute atomic E-state index is 11.9. The van der Waals surface area contributed by atoms with Gasteiger partial charge in [-0.3, -0.25) is 4.79 Å². The van der Waals surface area contributed by atoms with Gasteiger partial charge >= 0.3 is 5.97 Å². The Kier molecular flexibility index (Phi) is 5.75. The van der Waals surface area contributed by atoms with E-state index < -0.39 is 11.9 Å². The Morgan fingerprint density at radius 1 is 0.857 bits per heavy atom. The first kappa shape index (κ1) is 16.5. The summed E-state index contributed by atoms with van der Waals surface area (Å²) in [6.45, 7) is 0. The van der Waals surface area contributed by atoms with E-state index in [1.165, 1.54) is 24.3 Å². The maximum Gasteiger partial charge on any atom is 0.343 e. The lowest BCUT2D eigenvalue weighted by Gasteiger charge is -2.05. The van der Waals surface area contributed by atoms with Gasteiger partial charge in [-0.05, 0) is 48.5 Å². The topological polar surface area (TPSA) is 78.6 Å². The molecule has 0 fully saturated rings. The van der Waals surface area contributed by atoms with E-state index in [1.54, 1.807) is 31.4 Å². The van der Waals surface area contributed by atoms with Gasteiger partial charge in [-0.15, -0.1) is 12.4 Å². The van der Waals surface area contributed by atoms with Crippen molar-refractivity contribution < 1.29 is 19.1 Å². The summed E-state index contributed by atoms with van der Waals surface area (Å²) in [4.78, 5) is 22.8. The van der Waals surface area contributed by atoms with Gasteiger partial charge in [0.2, 0.25) is 5.91 Å². The van der Waals surface area contributed by atoms with Crippen LogP contribution in [-0.2, 0) is 0 Å². The molecule has 110 valence electrons. The average Bonchev–Trinajstić information content (AvgIpc) is 2.48. The second-order valence-electron chi connectivity index (χ2n) is 4.01. The third kappa shape index (κ3) is 4.22. The number of nitrogens with two attached hydrogens (primary N) is 1. The zero-order valence-corrected chi connectivity index (χ0v) is 12.1. The van der Waals surface area contributed by atoms with Gasteiger partial charge in [0, 0.05) is 5.56 Å². The lowest BCUT2D eigenvalue weighted by Crippen LogP contribution is -2.12. The Balaban J connectivity index is 0.00000220. The summed E-state index contributed by atoms with van der Waals surface area (Å²) in [7, 11) is 1.56. The molecule has 0 saturated carbocycles. The van der Waals surface area contributed by atoms with Crippen LogP contribution in [0.1, 0.15) is 20.7 Å². The normalized spacial score (nSPS) is 9.38. The summed E-state index contributed by atoms with van der Waals surface area (Å²) in [5.74, 6) is 0.0386. The van der Waals surface area contributed by atoms with E-state index >= 15 is 0 Å². The van der Waals surface area contributed by atoms with E-state index in [1.807, 2.05) is 0 Å². The minimum absolute atomic E-state index is 0. The number of hydrogen-bond acceptors (Lipinski definition) is 4.